The third-order valence-corrected chi connectivity index (χ3v) is 10.2. The maximum Gasteiger partial charge on any atom is 0.268 e. The SMILES string of the molecule is Cc1cc(C)c(S(=O)(=O)n2cc(C(=O)COc3cc4cc(O)c(Cl)cc4cc3C(N)=O)c3ccc(C4CC4)cc32)c(C)c1. The molecule has 1 aliphatic carbocycles. The summed E-state index contributed by atoms with van der Waals surface area (Å²) in [4.78, 5) is 26.1. The van der Waals surface area contributed by atoms with Gasteiger partial charge < -0.3 is 15.6 Å². The number of halogens is 1. The van der Waals surface area contributed by atoms with Crippen molar-refractivity contribution in [1.29, 1.82) is 0 Å². The van der Waals surface area contributed by atoms with Gasteiger partial charge in [-0.2, -0.15) is 0 Å². The van der Waals surface area contributed by atoms with Crippen molar-refractivity contribution in [2.75, 3.05) is 6.61 Å². The predicted molar refractivity (Wildman–Crippen MR) is 166 cm³/mol. The summed E-state index contributed by atoms with van der Waals surface area (Å²) < 4.78 is 35.3. The number of amides is 1. The van der Waals surface area contributed by atoms with E-state index in [-0.39, 0.29) is 32.5 Å². The van der Waals surface area contributed by atoms with E-state index in [0.717, 1.165) is 24.0 Å². The van der Waals surface area contributed by atoms with Crippen molar-refractivity contribution in [2.24, 2.45) is 5.73 Å². The molecule has 0 spiro atoms. The number of carbonyl (C=O) groups excluding carboxylic acids is 2. The van der Waals surface area contributed by atoms with Gasteiger partial charge in [0.15, 0.2) is 6.61 Å². The third kappa shape index (κ3) is 5.13. The van der Waals surface area contributed by atoms with Crippen LogP contribution in [0.5, 0.6) is 11.5 Å². The fourth-order valence-electron chi connectivity index (χ4n) is 5.80. The number of hydrogen-bond acceptors (Lipinski definition) is 6. The highest BCUT2D eigenvalue weighted by Gasteiger charge is 2.29. The van der Waals surface area contributed by atoms with E-state index in [1.807, 2.05) is 31.2 Å². The number of aromatic hydroxyl groups is 1. The Morgan fingerprint density at radius 2 is 1.65 bits per heavy atom. The van der Waals surface area contributed by atoms with Crippen LogP contribution in [0.2, 0.25) is 5.02 Å². The van der Waals surface area contributed by atoms with E-state index in [2.05, 4.69) is 0 Å². The van der Waals surface area contributed by atoms with Crippen LogP contribution in [0.3, 0.4) is 0 Å². The molecule has 1 fully saturated rings. The topological polar surface area (TPSA) is 129 Å². The zero-order chi connectivity index (χ0) is 30.8. The van der Waals surface area contributed by atoms with Gasteiger partial charge in [0.05, 0.1) is 21.0 Å². The molecule has 8 nitrogen and oxygen atoms in total. The summed E-state index contributed by atoms with van der Waals surface area (Å²) >= 11 is 6.02. The lowest BCUT2D eigenvalue weighted by atomic mass is 10.0. The fraction of sp³-hybridized carbons (Fsp3) is 0.212. The Balaban J connectivity index is 1.42. The Morgan fingerprint density at radius 3 is 2.30 bits per heavy atom. The van der Waals surface area contributed by atoms with Crippen LogP contribution in [0.15, 0.2) is 65.7 Å². The van der Waals surface area contributed by atoms with E-state index >= 15 is 0 Å². The molecule has 10 heteroatoms. The number of ketones is 1. The largest absolute Gasteiger partial charge is 0.506 e. The first-order valence-electron chi connectivity index (χ1n) is 13.8. The standard InChI is InChI=1S/C33H29ClN2O6S/c1-17-8-18(2)32(19(3)9-17)43(40,41)36-15-26(24-7-6-21(12-28(24)36)20-4-5-20)30(38)16-42-31-14-23-13-29(37)27(34)11-22(23)10-25(31)33(35)39/h6-15,20,37H,4-5,16H2,1-3H3,(H2,35,39). The van der Waals surface area contributed by atoms with Crippen molar-refractivity contribution < 1.29 is 27.9 Å². The third-order valence-electron chi connectivity index (χ3n) is 7.90. The number of nitrogens with two attached hydrogens (primary N) is 1. The highest BCUT2D eigenvalue weighted by molar-refractivity contribution is 7.90. The molecule has 1 amide bonds. The highest BCUT2D eigenvalue weighted by Crippen LogP contribution is 2.42. The van der Waals surface area contributed by atoms with Gasteiger partial charge in [0.2, 0.25) is 5.78 Å². The molecule has 0 saturated heterocycles. The highest BCUT2D eigenvalue weighted by atomic mass is 35.5. The van der Waals surface area contributed by atoms with Crippen molar-refractivity contribution in [2.45, 2.75) is 44.4 Å². The lowest BCUT2D eigenvalue weighted by Crippen LogP contribution is -2.17. The van der Waals surface area contributed by atoms with Gasteiger partial charge in [0, 0.05) is 17.1 Å². The lowest BCUT2D eigenvalue weighted by Gasteiger charge is -2.14. The number of hydrogen-bond donors (Lipinski definition) is 2. The molecule has 5 aromatic rings. The first-order valence-corrected chi connectivity index (χ1v) is 15.6. The fourth-order valence-corrected chi connectivity index (χ4v) is 7.76. The smallest absolute Gasteiger partial charge is 0.268 e. The average Bonchev–Trinajstić information content (AvgIpc) is 3.71. The molecule has 0 bridgehead atoms. The Bertz CT molecular complexity index is 2090. The number of phenolic OH excluding ortho intramolecular Hbond substituents is 1. The number of ether oxygens (including phenoxy) is 1. The second-order valence-electron chi connectivity index (χ2n) is 11.2. The number of phenols is 1. The van der Waals surface area contributed by atoms with Gasteiger partial charge in [0.25, 0.3) is 15.9 Å². The second-order valence-corrected chi connectivity index (χ2v) is 13.4. The van der Waals surface area contributed by atoms with Crippen LogP contribution in [-0.4, -0.2) is 35.8 Å². The lowest BCUT2D eigenvalue weighted by molar-refractivity contribution is 0.0914. The minimum absolute atomic E-state index is 0.0338. The Labute approximate surface area is 253 Å². The molecule has 0 unspecified atom stereocenters. The van der Waals surface area contributed by atoms with Crippen molar-refractivity contribution in [1.82, 2.24) is 3.97 Å². The van der Waals surface area contributed by atoms with Crippen LogP contribution in [0.4, 0.5) is 0 Å². The van der Waals surface area contributed by atoms with E-state index in [0.29, 0.717) is 38.7 Å². The summed E-state index contributed by atoms with van der Waals surface area (Å²) in [6.45, 7) is 4.96. The summed E-state index contributed by atoms with van der Waals surface area (Å²) in [6.07, 6.45) is 3.43. The van der Waals surface area contributed by atoms with Crippen LogP contribution in [0.25, 0.3) is 21.7 Å². The molecule has 220 valence electrons. The number of fused-ring (bicyclic) bond motifs is 2. The minimum atomic E-state index is -4.07. The van der Waals surface area contributed by atoms with E-state index < -0.39 is 28.3 Å². The normalized spacial score (nSPS) is 13.5. The number of rotatable bonds is 8. The molecule has 1 aliphatic rings. The number of nitrogens with zero attached hydrogens (tertiary/aromatic N) is 1. The molecule has 43 heavy (non-hydrogen) atoms. The van der Waals surface area contributed by atoms with Gasteiger partial charge in [-0.3, -0.25) is 9.59 Å². The van der Waals surface area contributed by atoms with Gasteiger partial charge in [0.1, 0.15) is 11.5 Å². The second kappa shape index (κ2) is 10.4. The van der Waals surface area contributed by atoms with Gasteiger partial charge in [-0.05, 0) is 97.3 Å². The minimum Gasteiger partial charge on any atom is -0.506 e. The van der Waals surface area contributed by atoms with Gasteiger partial charge in [-0.15, -0.1) is 0 Å². The first-order chi connectivity index (χ1) is 20.3. The van der Waals surface area contributed by atoms with Crippen molar-refractivity contribution in [3.63, 3.8) is 0 Å². The molecular formula is C33H29ClN2O6S. The van der Waals surface area contributed by atoms with Crippen LogP contribution >= 0.6 is 11.6 Å². The predicted octanol–water partition coefficient (Wildman–Crippen LogP) is 6.55. The van der Waals surface area contributed by atoms with Crippen LogP contribution in [0, 0.1) is 20.8 Å². The number of primary amides is 1. The number of benzene rings is 4. The van der Waals surface area contributed by atoms with Gasteiger partial charge in [-0.1, -0.05) is 41.4 Å². The zero-order valence-electron chi connectivity index (χ0n) is 23.8. The van der Waals surface area contributed by atoms with Crippen LogP contribution < -0.4 is 10.5 Å². The summed E-state index contributed by atoms with van der Waals surface area (Å²) in [5.41, 5.74) is 9.45. The Morgan fingerprint density at radius 1 is 0.977 bits per heavy atom. The molecule has 3 N–H and O–H groups in total. The monoisotopic (exact) mass is 616 g/mol. The van der Waals surface area contributed by atoms with Crippen LogP contribution in [0.1, 0.15) is 61.7 Å². The number of Topliss-reactive ketones (excluding diaryl/α,β-unsaturated/α-hetero) is 1. The molecule has 6 rings (SSSR count). The first kappa shape index (κ1) is 28.8. The quantitative estimate of drug-likeness (QED) is 0.190. The van der Waals surface area contributed by atoms with E-state index in [1.165, 1.54) is 34.4 Å². The summed E-state index contributed by atoms with van der Waals surface area (Å²) in [7, 11) is -4.07. The number of carbonyl (C=O) groups is 2. The summed E-state index contributed by atoms with van der Waals surface area (Å²) in [5, 5.41) is 11.7. The van der Waals surface area contributed by atoms with Gasteiger partial charge in [-0.25, -0.2) is 12.4 Å². The summed E-state index contributed by atoms with van der Waals surface area (Å²) in [5.74, 6) is -0.983. The maximum atomic E-state index is 14.1. The molecule has 0 radical (unpaired) electrons. The van der Waals surface area contributed by atoms with Crippen molar-refractivity contribution >= 4 is 55.0 Å². The van der Waals surface area contributed by atoms with Crippen molar-refractivity contribution in [3.05, 3.63) is 99.2 Å². The van der Waals surface area contributed by atoms with Crippen LogP contribution in [-0.2, 0) is 10.0 Å². The van der Waals surface area contributed by atoms with E-state index in [9.17, 15) is 23.1 Å². The Hall–Kier alpha value is -4.34. The molecule has 1 aromatic heterocycles. The van der Waals surface area contributed by atoms with E-state index in [4.69, 9.17) is 22.1 Å². The number of aromatic nitrogens is 1. The molecule has 4 aromatic carbocycles. The molecule has 1 heterocycles. The molecule has 0 aliphatic heterocycles. The average molecular weight is 617 g/mol. The number of aryl methyl sites for hydroxylation is 3. The van der Waals surface area contributed by atoms with Crippen molar-refractivity contribution in [3.8, 4) is 11.5 Å². The molecule has 1 saturated carbocycles. The maximum absolute atomic E-state index is 14.1. The Kier molecular flexibility index (Phi) is 6.98. The molecular weight excluding hydrogens is 588 g/mol. The molecule has 0 atom stereocenters. The zero-order valence-corrected chi connectivity index (χ0v) is 25.3. The van der Waals surface area contributed by atoms with E-state index in [1.54, 1.807) is 19.9 Å². The summed E-state index contributed by atoms with van der Waals surface area (Å²) in [6, 6.07) is 15.1. The van der Waals surface area contributed by atoms with Gasteiger partial charge >= 0.3 is 0 Å².